The highest BCUT2D eigenvalue weighted by Crippen LogP contribution is 2.34. The molecule has 0 saturated carbocycles. The van der Waals surface area contributed by atoms with Crippen LogP contribution in [0, 0.1) is 0 Å². The highest BCUT2D eigenvalue weighted by atomic mass is 32.3. The van der Waals surface area contributed by atoms with E-state index in [4.69, 9.17) is 4.74 Å². The van der Waals surface area contributed by atoms with Gasteiger partial charge in [-0.1, -0.05) is 22.3 Å². The maximum atomic E-state index is 12.3. The van der Waals surface area contributed by atoms with Gasteiger partial charge >= 0.3 is 25.8 Å². The van der Waals surface area contributed by atoms with Gasteiger partial charge in [0.05, 0.1) is 0 Å². The molecule has 2 aromatic carbocycles. The Bertz CT molecular complexity index is 1110. The molecule has 0 aliphatic carbocycles. The van der Waals surface area contributed by atoms with E-state index in [1.165, 1.54) is 17.7 Å². The molecule has 166 valence electrons. The van der Waals surface area contributed by atoms with E-state index in [1.807, 2.05) is 30.3 Å². The molecule has 1 N–H and O–H groups in total. The third-order valence-electron chi connectivity index (χ3n) is 4.28. The fourth-order valence-electron chi connectivity index (χ4n) is 3.00. The van der Waals surface area contributed by atoms with E-state index in [-0.39, 0.29) is 17.5 Å². The van der Waals surface area contributed by atoms with Gasteiger partial charge in [0.25, 0.3) is 0 Å². The van der Waals surface area contributed by atoms with Crippen molar-refractivity contribution in [1.82, 2.24) is 4.13 Å². The zero-order chi connectivity index (χ0) is 22.0. The lowest BCUT2D eigenvalue weighted by atomic mass is 10.1. The van der Waals surface area contributed by atoms with E-state index < -0.39 is 32.4 Å². The van der Waals surface area contributed by atoms with Crippen LogP contribution in [0.5, 0.6) is 5.75 Å². The van der Waals surface area contributed by atoms with Crippen LogP contribution in [0.25, 0.3) is 10.8 Å². The van der Waals surface area contributed by atoms with Gasteiger partial charge in [-0.2, -0.15) is 21.6 Å². The molecule has 0 radical (unpaired) electrons. The third-order valence-corrected chi connectivity index (χ3v) is 9.60. The zero-order valence-electron chi connectivity index (χ0n) is 15.5. The van der Waals surface area contributed by atoms with Crippen molar-refractivity contribution in [3.8, 4) is 5.75 Å². The molecule has 0 bridgehead atoms. The Morgan fingerprint density at radius 1 is 0.933 bits per heavy atom. The number of alkyl halides is 3. The number of hydrogen-bond donors (Lipinski definition) is 1. The summed E-state index contributed by atoms with van der Waals surface area (Å²) in [6.45, 7) is -0.995. The maximum Gasteiger partial charge on any atom is 0.512 e. The predicted molar refractivity (Wildman–Crippen MR) is 107 cm³/mol. The van der Waals surface area contributed by atoms with Crippen LogP contribution >= 0.6 is 0 Å². The third kappa shape index (κ3) is 5.38. The van der Waals surface area contributed by atoms with E-state index >= 15 is 0 Å². The van der Waals surface area contributed by atoms with Crippen molar-refractivity contribution in [2.45, 2.75) is 23.2 Å². The number of sulfonamides is 1. The summed E-state index contributed by atoms with van der Waals surface area (Å²) in [5.41, 5.74) is -5.78. The lowest BCUT2D eigenvalue weighted by Gasteiger charge is -2.13. The van der Waals surface area contributed by atoms with Gasteiger partial charge in [-0.15, -0.1) is 0 Å². The first-order chi connectivity index (χ1) is 14.0. The first-order valence-corrected chi connectivity index (χ1v) is 13.3. The van der Waals surface area contributed by atoms with Gasteiger partial charge < -0.3 is 4.74 Å². The Morgan fingerprint density at radius 3 is 2.20 bits per heavy atom. The number of rotatable bonds is 8. The number of benzene rings is 2. The van der Waals surface area contributed by atoms with Crippen LogP contribution in [0.15, 0.2) is 41.3 Å². The Labute approximate surface area is 175 Å². The summed E-state index contributed by atoms with van der Waals surface area (Å²) in [5, 5.41) is 1.86. The van der Waals surface area contributed by atoms with Gasteiger partial charge in [-0.05, 0) is 31.0 Å². The molecule has 0 unspecified atom stereocenters. The van der Waals surface area contributed by atoms with Crippen LogP contribution in [0.1, 0.15) is 12.8 Å². The molecular formula is C17H19F3NO6S3+. The summed E-state index contributed by atoms with van der Waals surface area (Å²) in [6.07, 6.45) is 2.39. The highest BCUT2D eigenvalue weighted by Gasteiger charge is 2.48. The Balaban J connectivity index is 1.65. The number of nitrogens with one attached hydrogen (secondary N) is 1. The van der Waals surface area contributed by atoms with Gasteiger partial charge in [0.2, 0.25) is 0 Å². The SMILES string of the molecule is O=S(=O)(NS(=O)(=O)C(F)(F)F)OCCOc1ccc([S+]2CCCC2)c2ccccc12. The minimum Gasteiger partial charge on any atom is -0.490 e. The monoisotopic (exact) mass is 486 g/mol. The normalized spacial score (nSPS) is 16.2. The highest BCUT2D eigenvalue weighted by molar-refractivity contribution is 8.03. The van der Waals surface area contributed by atoms with Gasteiger partial charge in [0, 0.05) is 21.7 Å². The molecule has 0 aromatic heterocycles. The van der Waals surface area contributed by atoms with E-state index in [0.29, 0.717) is 9.88 Å². The quantitative estimate of drug-likeness (QED) is 0.455. The summed E-state index contributed by atoms with van der Waals surface area (Å²) < 4.78 is 91.7. The van der Waals surface area contributed by atoms with E-state index in [2.05, 4.69) is 4.18 Å². The Hall–Kier alpha value is -1.54. The second kappa shape index (κ2) is 8.91. The standard InChI is InChI=1S/C17H19F3NO6S3/c18-17(19,20)29(22,23)21-30(24,25)27-10-9-26-15-7-8-16(28-11-3-4-12-28)14-6-2-1-5-13(14)15/h1-2,5-8,21H,3-4,9-12H2/q+1. The first-order valence-electron chi connectivity index (χ1n) is 8.81. The average molecular weight is 487 g/mol. The predicted octanol–water partition coefficient (Wildman–Crippen LogP) is 2.69. The molecule has 0 amide bonds. The van der Waals surface area contributed by atoms with E-state index in [0.717, 1.165) is 22.3 Å². The number of hydrogen-bond acceptors (Lipinski definition) is 6. The van der Waals surface area contributed by atoms with Crippen molar-refractivity contribution in [1.29, 1.82) is 0 Å². The second-order valence-electron chi connectivity index (χ2n) is 6.37. The smallest absolute Gasteiger partial charge is 0.490 e. The summed E-state index contributed by atoms with van der Waals surface area (Å²) in [4.78, 5) is 1.25. The fourth-order valence-corrected chi connectivity index (χ4v) is 7.43. The Morgan fingerprint density at radius 2 is 1.57 bits per heavy atom. The second-order valence-corrected chi connectivity index (χ2v) is 11.9. The molecule has 1 aliphatic rings. The molecule has 13 heteroatoms. The molecule has 3 rings (SSSR count). The van der Waals surface area contributed by atoms with E-state index in [1.54, 1.807) is 6.07 Å². The minimum atomic E-state index is -6.09. The van der Waals surface area contributed by atoms with Crippen LogP contribution in [0.2, 0.25) is 0 Å². The van der Waals surface area contributed by atoms with Gasteiger partial charge in [0.15, 0.2) is 4.90 Å². The largest absolute Gasteiger partial charge is 0.512 e. The van der Waals surface area contributed by atoms with Crippen molar-refractivity contribution in [3.63, 3.8) is 0 Å². The molecule has 7 nitrogen and oxygen atoms in total. The van der Waals surface area contributed by atoms with Crippen LogP contribution in [-0.4, -0.2) is 47.1 Å². The van der Waals surface area contributed by atoms with E-state index in [9.17, 15) is 30.0 Å². The van der Waals surface area contributed by atoms with Gasteiger partial charge in [-0.25, -0.2) is 8.42 Å². The number of fused-ring (bicyclic) bond motifs is 1. The fraction of sp³-hybridized carbons (Fsp3) is 0.412. The maximum absolute atomic E-state index is 12.3. The average Bonchev–Trinajstić information content (AvgIpc) is 3.18. The molecule has 1 saturated heterocycles. The zero-order valence-corrected chi connectivity index (χ0v) is 18.0. The van der Waals surface area contributed by atoms with Crippen molar-refractivity contribution in [3.05, 3.63) is 36.4 Å². The molecule has 0 atom stereocenters. The van der Waals surface area contributed by atoms with Crippen LogP contribution in [0.3, 0.4) is 0 Å². The first kappa shape index (κ1) is 23.1. The van der Waals surface area contributed by atoms with Crippen LogP contribution < -0.4 is 8.86 Å². The van der Waals surface area contributed by atoms with Gasteiger partial charge in [0.1, 0.15) is 30.5 Å². The molecule has 0 spiro atoms. The summed E-state index contributed by atoms with van der Waals surface area (Å²) in [5.74, 6) is 2.75. The lowest BCUT2D eigenvalue weighted by molar-refractivity contribution is -0.0442. The number of halogens is 3. The Kier molecular flexibility index (Phi) is 6.87. The van der Waals surface area contributed by atoms with Crippen molar-refractivity contribution < 1.29 is 38.9 Å². The van der Waals surface area contributed by atoms with Crippen LogP contribution in [-0.2, 0) is 35.4 Å². The molecular weight excluding hydrogens is 467 g/mol. The summed E-state index contributed by atoms with van der Waals surface area (Å²) in [6, 6.07) is 11.3. The summed E-state index contributed by atoms with van der Waals surface area (Å²) >= 11 is 0. The van der Waals surface area contributed by atoms with Crippen molar-refractivity contribution >= 4 is 42.0 Å². The molecule has 1 heterocycles. The van der Waals surface area contributed by atoms with Gasteiger partial charge in [-0.3, -0.25) is 4.18 Å². The molecule has 30 heavy (non-hydrogen) atoms. The number of ether oxygens (including phenoxy) is 1. The topological polar surface area (TPSA) is 98.8 Å². The molecule has 1 fully saturated rings. The molecule has 2 aromatic rings. The van der Waals surface area contributed by atoms with Crippen molar-refractivity contribution in [2.24, 2.45) is 0 Å². The lowest BCUT2D eigenvalue weighted by Crippen LogP contribution is -2.41. The summed E-state index contributed by atoms with van der Waals surface area (Å²) in [7, 11) is -11.1. The van der Waals surface area contributed by atoms with Crippen LogP contribution in [0.4, 0.5) is 13.2 Å². The molecule has 1 aliphatic heterocycles. The van der Waals surface area contributed by atoms with Crippen molar-refractivity contribution in [2.75, 3.05) is 24.7 Å². The minimum absolute atomic E-state index is 0.174.